The van der Waals surface area contributed by atoms with Gasteiger partial charge in [0.2, 0.25) is 0 Å². The van der Waals surface area contributed by atoms with Crippen LogP contribution < -0.4 is 10.1 Å². The van der Waals surface area contributed by atoms with Gasteiger partial charge in [-0.3, -0.25) is 4.79 Å². The zero-order valence-electron chi connectivity index (χ0n) is 14.9. The highest BCUT2D eigenvalue weighted by molar-refractivity contribution is 5.91. The van der Waals surface area contributed by atoms with Crippen molar-refractivity contribution in [3.8, 4) is 5.75 Å². The first-order chi connectivity index (χ1) is 12.6. The van der Waals surface area contributed by atoms with Crippen molar-refractivity contribution in [1.82, 2.24) is 5.32 Å². The fourth-order valence-electron chi connectivity index (χ4n) is 4.55. The summed E-state index contributed by atoms with van der Waals surface area (Å²) in [4.78, 5) is 12.5. The number of hydrogen-bond donors (Lipinski definition) is 1. The first-order valence-electron chi connectivity index (χ1n) is 9.36. The van der Waals surface area contributed by atoms with Crippen molar-refractivity contribution in [3.63, 3.8) is 0 Å². The number of rotatable bonds is 6. The lowest BCUT2D eigenvalue weighted by Gasteiger charge is -2.28. The fraction of sp³-hybridized carbons (Fsp3) is 0.476. The summed E-state index contributed by atoms with van der Waals surface area (Å²) in [5, 5.41) is 3.10. The van der Waals surface area contributed by atoms with Crippen molar-refractivity contribution in [1.29, 1.82) is 0 Å². The maximum atomic E-state index is 12.9. The first kappa shape index (κ1) is 17.1. The molecular formula is C21H24FNO3. The molecule has 4 nitrogen and oxygen atoms in total. The number of benzene rings is 1. The Morgan fingerprint density at radius 1 is 1.23 bits per heavy atom. The Hall–Kier alpha value is -2.30. The van der Waals surface area contributed by atoms with Gasteiger partial charge in [-0.1, -0.05) is 6.42 Å². The molecule has 1 N–H and O–H groups in total. The van der Waals surface area contributed by atoms with E-state index >= 15 is 0 Å². The monoisotopic (exact) mass is 357 g/mol. The second-order valence-corrected chi connectivity index (χ2v) is 7.61. The summed E-state index contributed by atoms with van der Waals surface area (Å²) in [5.74, 6) is 3.17. The van der Waals surface area contributed by atoms with E-state index in [-0.39, 0.29) is 24.4 Å². The molecule has 1 aromatic carbocycles. The average molecular weight is 357 g/mol. The lowest BCUT2D eigenvalue weighted by molar-refractivity contribution is 0.0883. The molecule has 0 saturated heterocycles. The minimum atomic E-state index is -0.307. The summed E-state index contributed by atoms with van der Waals surface area (Å²) >= 11 is 0. The van der Waals surface area contributed by atoms with Gasteiger partial charge in [-0.05, 0) is 80.3 Å². The third kappa shape index (κ3) is 3.62. The maximum Gasteiger partial charge on any atom is 0.287 e. The molecule has 2 aromatic rings. The van der Waals surface area contributed by atoms with Crippen molar-refractivity contribution in [3.05, 3.63) is 53.7 Å². The van der Waals surface area contributed by atoms with Crippen LogP contribution in [0.1, 0.15) is 48.9 Å². The third-order valence-corrected chi connectivity index (χ3v) is 5.87. The number of halogens is 1. The maximum absolute atomic E-state index is 12.9. The molecule has 138 valence electrons. The van der Waals surface area contributed by atoms with E-state index in [0.29, 0.717) is 23.2 Å². The van der Waals surface area contributed by atoms with Crippen LogP contribution in [0, 0.1) is 23.6 Å². The van der Waals surface area contributed by atoms with Crippen LogP contribution in [-0.4, -0.2) is 11.9 Å². The Bertz CT molecular complexity index is 770. The van der Waals surface area contributed by atoms with Gasteiger partial charge in [-0.15, -0.1) is 0 Å². The SMILES string of the molecule is CC(NC(=O)c1ccc(COc2ccc(F)cc2)o1)C1CC2CCC1C2. The number of ether oxygens (including phenoxy) is 1. The van der Waals surface area contributed by atoms with Crippen molar-refractivity contribution in [2.24, 2.45) is 17.8 Å². The van der Waals surface area contributed by atoms with E-state index < -0.39 is 0 Å². The fourth-order valence-corrected chi connectivity index (χ4v) is 4.55. The van der Waals surface area contributed by atoms with Crippen LogP contribution in [0.3, 0.4) is 0 Å². The van der Waals surface area contributed by atoms with Gasteiger partial charge >= 0.3 is 0 Å². The molecule has 2 fully saturated rings. The van der Waals surface area contributed by atoms with Crippen LogP contribution in [0.25, 0.3) is 0 Å². The van der Waals surface area contributed by atoms with E-state index in [1.807, 2.05) is 0 Å². The lowest BCUT2D eigenvalue weighted by Crippen LogP contribution is -2.40. The highest BCUT2D eigenvalue weighted by Gasteiger charge is 2.42. The minimum absolute atomic E-state index is 0.168. The summed E-state index contributed by atoms with van der Waals surface area (Å²) in [6.45, 7) is 2.30. The van der Waals surface area contributed by atoms with Crippen molar-refractivity contribution in [2.45, 2.75) is 45.3 Å². The second kappa shape index (κ2) is 7.14. The Balaban J connectivity index is 1.30. The van der Waals surface area contributed by atoms with E-state index in [1.54, 1.807) is 24.3 Å². The zero-order chi connectivity index (χ0) is 18.1. The molecule has 1 heterocycles. The van der Waals surface area contributed by atoms with E-state index in [9.17, 15) is 9.18 Å². The van der Waals surface area contributed by atoms with Crippen LogP contribution in [0.15, 0.2) is 40.8 Å². The molecule has 0 spiro atoms. The number of carbonyl (C=O) groups excluding carboxylic acids is 1. The van der Waals surface area contributed by atoms with E-state index in [2.05, 4.69) is 12.2 Å². The summed E-state index contributed by atoms with van der Waals surface area (Å²) in [7, 11) is 0. The molecule has 0 aliphatic heterocycles. The standard InChI is InChI=1S/C21H24FNO3/c1-13(19-11-14-2-3-15(19)10-14)23-21(24)20-9-8-18(26-20)12-25-17-6-4-16(22)5-7-17/h4-9,13-15,19H,2-3,10-12H2,1H3,(H,23,24). The Morgan fingerprint density at radius 3 is 2.73 bits per heavy atom. The summed E-state index contributed by atoms with van der Waals surface area (Å²) in [6.07, 6.45) is 5.23. The van der Waals surface area contributed by atoms with Gasteiger partial charge in [0.15, 0.2) is 5.76 Å². The van der Waals surface area contributed by atoms with Crippen LogP contribution in [0.2, 0.25) is 0 Å². The number of amides is 1. The van der Waals surface area contributed by atoms with Crippen LogP contribution in [0.4, 0.5) is 4.39 Å². The summed E-state index contributed by atoms with van der Waals surface area (Å²) in [5.41, 5.74) is 0. The Morgan fingerprint density at radius 2 is 2.04 bits per heavy atom. The van der Waals surface area contributed by atoms with Gasteiger partial charge in [0.05, 0.1) is 0 Å². The second-order valence-electron chi connectivity index (χ2n) is 7.61. The van der Waals surface area contributed by atoms with Crippen molar-refractivity contribution >= 4 is 5.91 Å². The quantitative estimate of drug-likeness (QED) is 0.825. The largest absolute Gasteiger partial charge is 0.486 e. The van der Waals surface area contributed by atoms with E-state index in [0.717, 1.165) is 11.8 Å². The van der Waals surface area contributed by atoms with Gasteiger partial charge in [-0.2, -0.15) is 0 Å². The molecule has 0 radical (unpaired) electrons. The van der Waals surface area contributed by atoms with Crippen LogP contribution in [-0.2, 0) is 6.61 Å². The summed E-state index contributed by atoms with van der Waals surface area (Å²) < 4.78 is 24.0. The van der Waals surface area contributed by atoms with Gasteiger partial charge < -0.3 is 14.5 Å². The average Bonchev–Trinajstić information content (AvgIpc) is 3.37. The molecule has 4 atom stereocenters. The molecular weight excluding hydrogens is 333 g/mol. The molecule has 2 aliphatic carbocycles. The van der Waals surface area contributed by atoms with E-state index in [4.69, 9.17) is 9.15 Å². The Labute approximate surface area is 152 Å². The smallest absolute Gasteiger partial charge is 0.287 e. The molecule has 2 saturated carbocycles. The zero-order valence-corrected chi connectivity index (χ0v) is 14.9. The van der Waals surface area contributed by atoms with Gasteiger partial charge in [0.1, 0.15) is 23.9 Å². The van der Waals surface area contributed by atoms with Crippen LogP contribution >= 0.6 is 0 Å². The number of furan rings is 1. The van der Waals surface area contributed by atoms with Gasteiger partial charge in [0.25, 0.3) is 5.91 Å². The molecule has 1 amide bonds. The number of hydrogen-bond acceptors (Lipinski definition) is 3. The van der Waals surface area contributed by atoms with E-state index in [1.165, 1.54) is 37.8 Å². The molecule has 2 bridgehead atoms. The highest BCUT2D eigenvalue weighted by Crippen LogP contribution is 2.49. The predicted octanol–water partition coefficient (Wildman–Crippen LogP) is 4.55. The minimum Gasteiger partial charge on any atom is -0.486 e. The predicted molar refractivity (Wildman–Crippen MR) is 95.3 cm³/mol. The number of fused-ring (bicyclic) bond motifs is 2. The lowest BCUT2D eigenvalue weighted by atomic mass is 9.84. The molecule has 4 rings (SSSR count). The summed E-state index contributed by atoms with van der Waals surface area (Å²) in [6, 6.07) is 9.38. The first-order valence-corrected chi connectivity index (χ1v) is 9.36. The molecule has 26 heavy (non-hydrogen) atoms. The van der Waals surface area contributed by atoms with Crippen molar-refractivity contribution < 1.29 is 18.3 Å². The molecule has 1 aromatic heterocycles. The molecule has 5 heteroatoms. The molecule has 2 aliphatic rings. The third-order valence-electron chi connectivity index (χ3n) is 5.87. The number of carbonyl (C=O) groups is 1. The normalized spacial score (nSPS) is 25.2. The van der Waals surface area contributed by atoms with Gasteiger partial charge in [0, 0.05) is 6.04 Å². The molecule has 4 unspecified atom stereocenters. The topological polar surface area (TPSA) is 51.5 Å². The highest BCUT2D eigenvalue weighted by atomic mass is 19.1. The van der Waals surface area contributed by atoms with Gasteiger partial charge in [-0.25, -0.2) is 4.39 Å². The Kier molecular flexibility index (Phi) is 4.70. The number of nitrogens with one attached hydrogen (secondary N) is 1. The van der Waals surface area contributed by atoms with Crippen molar-refractivity contribution in [2.75, 3.05) is 0 Å². The van der Waals surface area contributed by atoms with Crippen LogP contribution in [0.5, 0.6) is 5.75 Å².